The normalized spacial score (nSPS) is 16.8. The Bertz CT molecular complexity index is 883. The fourth-order valence-corrected chi connectivity index (χ4v) is 3.33. The van der Waals surface area contributed by atoms with Crippen molar-refractivity contribution in [1.29, 1.82) is 0 Å². The number of rotatable bonds is 6. The van der Waals surface area contributed by atoms with Gasteiger partial charge in [0.15, 0.2) is 0 Å². The lowest BCUT2D eigenvalue weighted by atomic mass is 9.81. The molecule has 2 aromatic carbocycles. The Morgan fingerprint density at radius 3 is 2.46 bits per heavy atom. The monoisotopic (exact) mass is 379 g/mol. The average Bonchev–Trinajstić information content (AvgIpc) is 2.68. The summed E-state index contributed by atoms with van der Waals surface area (Å²) in [5.41, 5.74) is 4.28. The summed E-state index contributed by atoms with van der Waals surface area (Å²) in [6, 6.07) is 16.1. The highest BCUT2D eigenvalue weighted by Crippen LogP contribution is 2.38. The molecule has 0 aromatic heterocycles. The molecule has 1 aliphatic carbocycles. The quantitative estimate of drug-likeness (QED) is 0.642. The Morgan fingerprint density at radius 1 is 1.14 bits per heavy atom. The maximum atomic E-state index is 13.3. The second kappa shape index (κ2) is 8.87. The molecule has 146 valence electrons. The van der Waals surface area contributed by atoms with Gasteiger partial charge in [-0.15, -0.1) is 0 Å². The lowest BCUT2D eigenvalue weighted by Crippen LogP contribution is -2.23. The molecule has 2 aromatic rings. The fraction of sp³-hybridized carbons (Fsp3) is 0.292. The second-order valence-electron chi connectivity index (χ2n) is 7.61. The summed E-state index contributed by atoms with van der Waals surface area (Å²) in [6.45, 7) is 6.45. The molecule has 3 rings (SSSR count). The number of benzene rings is 2. The molecule has 0 bridgehead atoms. The van der Waals surface area contributed by atoms with Gasteiger partial charge < -0.3 is 10.1 Å². The van der Waals surface area contributed by atoms with Crippen molar-refractivity contribution in [2.45, 2.75) is 33.1 Å². The van der Waals surface area contributed by atoms with Crippen LogP contribution in [0.15, 0.2) is 77.5 Å². The number of carbonyl (C=O) groups excluding carboxylic acids is 1. The van der Waals surface area contributed by atoms with Crippen LogP contribution in [-0.4, -0.2) is 12.6 Å². The summed E-state index contributed by atoms with van der Waals surface area (Å²) in [5, 5.41) is 3.29. The van der Waals surface area contributed by atoms with Crippen LogP contribution in [-0.2, 0) is 9.53 Å². The summed E-state index contributed by atoms with van der Waals surface area (Å²) >= 11 is 0. The number of nitrogens with one attached hydrogen (secondary N) is 1. The number of carbonyl (C=O) groups is 1. The molecular formula is C24H26FNO2. The van der Waals surface area contributed by atoms with E-state index in [-0.39, 0.29) is 23.6 Å². The first-order valence-electron chi connectivity index (χ1n) is 9.60. The van der Waals surface area contributed by atoms with Crippen LogP contribution in [0.2, 0.25) is 0 Å². The second-order valence-corrected chi connectivity index (χ2v) is 7.61. The minimum Gasteiger partial charge on any atom is -0.462 e. The molecule has 0 aliphatic heterocycles. The predicted octanol–water partition coefficient (Wildman–Crippen LogP) is 5.82. The van der Waals surface area contributed by atoms with E-state index in [1.165, 1.54) is 17.7 Å². The third-order valence-electron chi connectivity index (χ3n) is 4.65. The third-order valence-corrected chi connectivity index (χ3v) is 4.65. The van der Waals surface area contributed by atoms with E-state index in [9.17, 15) is 9.18 Å². The molecule has 0 unspecified atom stereocenters. The van der Waals surface area contributed by atoms with Gasteiger partial charge in [0, 0.05) is 17.3 Å². The molecule has 0 heterocycles. The van der Waals surface area contributed by atoms with Crippen LogP contribution < -0.4 is 5.32 Å². The van der Waals surface area contributed by atoms with Gasteiger partial charge in [0.1, 0.15) is 5.82 Å². The highest BCUT2D eigenvalue weighted by atomic mass is 19.1. The van der Waals surface area contributed by atoms with Gasteiger partial charge in [0.2, 0.25) is 0 Å². The molecule has 0 fully saturated rings. The van der Waals surface area contributed by atoms with E-state index in [2.05, 4.69) is 12.2 Å². The van der Waals surface area contributed by atoms with Gasteiger partial charge in [-0.1, -0.05) is 49.8 Å². The summed E-state index contributed by atoms with van der Waals surface area (Å²) in [5.74, 6) is -0.438. The fourth-order valence-electron chi connectivity index (χ4n) is 3.33. The first-order chi connectivity index (χ1) is 13.4. The zero-order valence-electron chi connectivity index (χ0n) is 16.5. The number of halogens is 1. The molecule has 3 nitrogen and oxygen atoms in total. The predicted molar refractivity (Wildman–Crippen MR) is 110 cm³/mol. The van der Waals surface area contributed by atoms with Gasteiger partial charge in [-0.05, 0) is 55.2 Å². The zero-order valence-corrected chi connectivity index (χ0v) is 16.5. The number of hydrogen-bond acceptors (Lipinski definition) is 3. The van der Waals surface area contributed by atoms with E-state index >= 15 is 0 Å². The summed E-state index contributed by atoms with van der Waals surface area (Å²) in [7, 11) is 0. The number of allylic oxidation sites excluding steroid dienone is 2. The van der Waals surface area contributed by atoms with Crippen LogP contribution >= 0.6 is 0 Å². The first kappa shape index (κ1) is 19.9. The summed E-state index contributed by atoms with van der Waals surface area (Å²) in [4.78, 5) is 13.0. The van der Waals surface area contributed by atoms with E-state index in [1.54, 1.807) is 12.1 Å². The summed E-state index contributed by atoms with van der Waals surface area (Å²) in [6.07, 6.45) is 2.74. The van der Waals surface area contributed by atoms with Crippen molar-refractivity contribution in [3.05, 3.63) is 88.9 Å². The van der Waals surface area contributed by atoms with Crippen molar-refractivity contribution in [2.24, 2.45) is 5.92 Å². The van der Waals surface area contributed by atoms with Crippen molar-refractivity contribution in [3.63, 3.8) is 0 Å². The molecule has 28 heavy (non-hydrogen) atoms. The van der Waals surface area contributed by atoms with E-state index in [0.717, 1.165) is 17.7 Å². The topological polar surface area (TPSA) is 38.3 Å². The Morgan fingerprint density at radius 2 is 1.82 bits per heavy atom. The van der Waals surface area contributed by atoms with Crippen LogP contribution in [0.25, 0.3) is 0 Å². The molecule has 1 N–H and O–H groups in total. The van der Waals surface area contributed by atoms with E-state index in [4.69, 9.17) is 4.74 Å². The number of anilines is 1. The van der Waals surface area contributed by atoms with Gasteiger partial charge in [0.05, 0.1) is 12.2 Å². The number of ether oxygens (including phenoxy) is 1. The molecule has 0 spiro atoms. The Hall–Kier alpha value is -2.88. The van der Waals surface area contributed by atoms with Gasteiger partial charge in [0.25, 0.3) is 0 Å². The molecule has 0 saturated carbocycles. The Balaban J connectivity index is 2.02. The number of hydrogen-bond donors (Lipinski definition) is 1. The molecule has 1 atom stereocenters. The third kappa shape index (κ3) is 4.89. The SMILES string of the molecule is CC1=CC(Nc2ccc(F)cc2)=C(C(=O)OCC(C)C)[C@H](c2ccccc2)C1. The molecule has 0 radical (unpaired) electrons. The van der Waals surface area contributed by atoms with Gasteiger partial charge >= 0.3 is 5.97 Å². The molecule has 4 heteroatoms. The van der Waals surface area contributed by atoms with Crippen molar-refractivity contribution < 1.29 is 13.9 Å². The molecule has 0 saturated heterocycles. The molecule has 1 aliphatic rings. The van der Waals surface area contributed by atoms with Crippen LogP contribution in [0.4, 0.5) is 10.1 Å². The van der Waals surface area contributed by atoms with E-state index < -0.39 is 0 Å². The zero-order chi connectivity index (χ0) is 20.1. The van der Waals surface area contributed by atoms with Crippen LogP contribution in [0, 0.1) is 11.7 Å². The van der Waals surface area contributed by atoms with Crippen molar-refractivity contribution in [1.82, 2.24) is 0 Å². The Labute approximate surface area is 165 Å². The Kier molecular flexibility index (Phi) is 6.30. The van der Waals surface area contributed by atoms with E-state index in [0.29, 0.717) is 17.9 Å². The minimum absolute atomic E-state index is 0.0891. The highest BCUT2D eigenvalue weighted by Gasteiger charge is 2.30. The van der Waals surface area contributed by atoms with Crippen molar-refractivity contribution in [2.75, 3.05) is 11.9 Å². The highest BCUT2D eigenvalue weighted by molar-refractivity contribution is 5.93. The van der Waals surface area contributed by atoms with Gasteiger partial charge in [-0.25, -0.2) is 9.18 Å². The van der Waals surface area contributed by atoms with Gasteiger partial charge in [-0.2, -0.15) is 0 Å². The number of esters is 1. The average molecular weight is 379 g/mol. The van der Waals surface area contributed by atoms with Crippen LogP contribution in [0.3, 0.4) is 0 Å². The minimum atomic E-state index is -0.309. The lowest BCUT2D eigenvalue weighted by molar-refractivity contribution is -0.140. The summed E-state index contributed by atoms with van der Waals surface area (Å²) < 4.78 is 18.9. The van der Waals surface area contributed by atoms with Gasteiger partial charge in [-0.3, -0.25) is 0 Å². The maximum absolute atomic E-state index is 13.3. The molecule has 0 amide bonds. The standard InChI is InChI=1S/C24H26FNO2/c1-16(2)15-28-24(27)23-21(18-7-5-4-6-8-18)13-17(3)14-22(23)26-20-11-9-19(25)10-12-20/h4-12,14,16,21,26H,13,15H2,1-3H3/t21-/m0/s1. The van der Waals surface area contributed by atoms with E-state index in [1.807, 2.05) is 50.3 Å². The van der Waals surface area contributed by atoms with Crippen LogP contribution in [0.1, 0.15) is 38.7 Å². The largest absolute Gasteiger partial charge is 0.462 e. The van der Waals surface area contributed by atoms with Crippen molar-refractivity contribution in [3.8, 4) is 0 Å². The first-order valence-corrected chi connectivity index (χ1v) is 9.60. The molecular weight excluding hydrogens is 353 g/mol. The smallest absolute Gasteiger partial charge is 0.336 e. The lowest BCUT2D eigenvalue weighted by Gasteiger charge is -2.27. The maximum Gasteiger partial charge on any atom is 0.336 e. The van der Waals surface area contributed by atoms with Crippen molar-refractivity contribution >= 4 is 11.7 Å². The van der Waals surface area contributed by atoms with Crippen LogP contribution in [0.5, 0.6) is 0 Å².